The van der Waals surface area contributed by atoms with Gasteiger partial charge in [0, 0.05) is 26.2 Å². The molecule has 1 aromatic heterocycles. The molecule has 3 rings (SSSR count). The molecule has 9 heteroatoms. The number of aromatic nitrogens is 2. The number of nitriles is 1. The number of hydrogen-bond donors (Lipinski definition) is 0. The lowest BCUT2D eigenvalue weighted by Crippen LogP contribution is -2.49. The van der Waals surface area contributed by atoms with Crippen LogP contribution in [-0.4, -0.2) is 60.4 Å². The van der Waals surface area contributed by atoms with E-state index >= 15 is 0 Å². The summed E-state index contributed by atoms with van der Waals surface area (Å²) in [5, 5.41) is 9.74. The number of sulfonamides is 1. The van der Waals surface area contributed by atoms with E-state index in [2.05, 4.69) is 16.0 Å². The zero-order chi connectivity index (χ0) is 17.3. The average molecular weight is 368 g/mol. The molecule has 1 aromatic rings. The Morgan fingerprint density at radius 1 is 1.42 bits per heavy atom. The summed E-state index contributed by atoms with van der Waals surface area (Å²) in [4.78, 5) is 10.6. The summed E-state index contributed by atoms with van der Waals surface area (Å²) >= 11 is 1.43. The molecule has 24 heavy (non-hydrogen) atoms. The van der Waals surface area contributed by atoms with Gasteiger partial charge in [0.2, 0.25) is 10.0 Å². The standard InChI is InChI=1S/C15H21N5O2S2/c1-19(24(21,22)13-5-6-13)12-4-3-7-20(10-12)14-11(8-16)9-17-15(18-14)23-2/h9,12-13H,3-7,10H2,1-2H3. The van der Waals surface area contributed by atoms with Crippen molar-refractivity contribution < 1.29 is 8.42 Å². The zero-order valence-corrected chi connectivity index (χ0v) is 15.5. The Morgan fingerprint density at radius 2 is 2.17 bits per heavy atom. The summed E-state index contributed by atoms with van der Waals surface area (Å²) in [6.45, 7) is 1.33. The maximum absolute atomic E-state index is 12.5. The highest BCUT2D eigenvalue weighted by atomic mass is 32.2. The van der Waals surface area contributed by atoms with Crippen molar-refractivity contribution in [1.29, 1.82) is 5.26 Å². The molecule has 0 N–H and O–H groups in total. The highest BCUT2D eigenvalue weighted by molar-refractivity contribution is 7.98. The molecule has 1 aliphatic heterocycles. The Labute approximate surface area is 147 Å². The van der Waals surface area contributed by atoms with Crippen LogP contribution in [0, 0.1) is 11.3 Å². The van der Waals surface area contributed by atoms with Crippen LogP contribution in [0.25, 0.3) is 0 Å². The van der Waals surface area contributed by atoms with Crippen LogP contribution in [0.1, 0.15) is 31.2 Å². The second-order valence-electron chi connectivity index (χ2n) is 6.21. The van der Waals surface area contributed by atoms with E-state index in [9.17, 15) is 13.7 Å². The first-order valence-corrected chi connectivity index (χ1v) is 10.7. The first kappa shape index (κ1) is 17.5. The highest BCUT2D eigenvalue weighted by Gasteiger charge is 2.42. The smallest absolute Gasteiger partial charge is 0.217 e. The van der Waals surface area contributed by atoms with E-state index in [1.807, 2.05) is 11.2 Å². The summed E-state index contributed by atoms with van der Waals surface area (Å²) in [6, 6.07) is 2.06. The minimum Gasteiger partial charge on any atom is -0.354 e. The molecule has 2 heterocycles. The lowest BCUT2D eigenvalue weighted by Gasteiger charge is -2.38. The number of hydrogen-bond acceptors (Lipinski definition) is 7. The SMILES string of the molecule is CSc1ncc(C#N)c(N2CCCC(N(C)S(=O)(=O)C3CC3)C2)n1. The molecule has 7 nitrogen and oxygen atoms in total. The van der Waals surface area contributed by atoms with Crippen molar-refractivity contribution in [3.8, 4) is 6.07 Å². The quantitative estimate of drug-likeness (QED) is 0.575. The highest BCUT2D eigenvalue weighted by Crippen LogP contribution is 2.33. The van der Waals surface area contributed by atoms with Gasteiger partial charge in [-0.15, -0.1) is 0 Å². The van der Waals surface area contributed by atoms with Crippen molar-refractivity contribution in [1.82, 2.24) is 14.3 Å². The Kier molecular flexibility index (Phi) is 4.99. The topological polar surface area (TPSA) is 90.2 Å². The van der Waals surface area contributed by atoms with E-state index in [0.717, 1.165) is 32.2 Å². The predicted octanol–water partition coefficient (Wildman–Crippen LogP) is 1.46. The molecule has 1 saturated carbocycles. The number of anilines is 1. The van der Waals surface area contributed by atoms with Gasteiger partial charge in [-0.05, 0) is 31.9 Å². The van der Waals surface area contributed by atoms with Crippen LogP contribution in [0.4, 0.5) is 5.82 Å². The van der Waals surface area contributed by atoms with E-state index in [4.69, 9.17) is 0 Å². The zero-order valence-electron chi connectivity index (χ0n) is 13.8. The van der Waals surface area contributed by atoms with Crippen LogP contribution in [0.3, 0.4) is 0 Å². The van der Waals surface area contributed by atoms with Gasteiger partial charge in [0.15, 0.2) is 11.0 Å². The summed E-state index contributed by atoms with van der Waals surface area (Å²) in [6.07, 6.45) is 6.68. The van der Waals surface area contributed by atoms with Crippen LogP contribution >= 0.6 is 11.8 Å². The summed E-state index contributed by atoms with van der Waals surface area (Å²) in [5.41, 5.74) is 0.432. The average Bonchev–Trinajstić information content (AvgIpc) is 3.46. The second-order valence-corrected chi connectivity index (χ2v) is 9.25. The molecule has 1 unspecified atom stereocenters. The minimum absolute atomic E-state index is 0.0800. The molecule has 130 valence electrons. The predicted molar refractivity (Wildman–Crippen MR) is 93.5 cm³/mol. The number of nitrogens with zero attached hydrogens (tertiary/aromatic N) is 5. The molecule has 1 aliphatic carbocycles. The van der Waals surface area contributed by atoms with Crippen molar-refractivity contribution in [2.75, 3.05) is 31.3 Å². The van der Waals surface area contributed by atoms with Gasteiger partial charge in [0.1, 0.15) is 11.6 Å². The Hall–Kier alpha value is -1.37. The van der Waals surface area contributed by atoms with E-state index < -0.39 is 10.0 Å². The van der Waals surface area contributed by atoms with Crippen molar-refractivity contribution in [2.24, 2.45) is 0 Å². The molecule has 1 atom stereocenters. The largest absolute Gasteiger partial charge is 0.354 e. The molecule has 0 bridgehead atoms. The third-order valence-corrected chi connectivity index (χ3v) is 7.58. The fourth-order valence-electron chi connectivity index (χ4n) is 3.03. The van der Waals surface area contributed by atoms with Gasteiger partial charge in [-0.2, -0.15) is 9.57 Å². The molecular formula is C15H21N5O2S2. The number of piperidine rings is 1. The number of rotatable bonds is 5. The van der Waals surface area contributed by atoms with Crippen LogP contribution in [-0.2, 0) is 10.0 Å². The van der Waals surface area contributed by atoms with Gasteiger partial charge in [-0.25, -0.2) is 18.4 Å². The lowest BCUT2D eigenvalue weighted by molar-refractivity contribution is 0.319. The first-order chi connectivity index (χ1) is 11.5. The fourth-order valence-corrected chi connectivity index (χ4v) is 5.15. The van der Waals surface area contributed by atoms with E-state index in [1.165, 1.54) is 11.8 Å². The Bertz CT molecular complexity index is 758. The van der Waals surface area contributed by atoms with Gasteiger partial charge in [-0.1, -0.05) is 11.8 Å². The monoisotopic (exact) mass is 367 g/mol. The van der Waals surface area contributed by atoms with E-state index in [-0.39, 0.29) is 11.3 Å². The van der Waals surface area contributed by atoms with Gasteiger partial charge < -0.3 is 4.90 Å². The van der Waals surface area contributed by atoms with Crippen LogP contribution < -0.4 is 4.90 Å². The van der Waals surface area contributed by atoms with Crippen LogP contribution in [0.15, 0.2) is 11.4 Å². The minimum atomic E-state index is -3.19. The molecule has 0 aromatic carbocycles. The van der Waals surface area contributed by atoms with Crippen molar-refractivity contribution in [3.63, 3.8) is 0 Å². The second kappa shape index (κ2) is 6.86. The van der Waals surface area contributed by atoms with Crippen LogP contribution in [0.2, 0.25) is 0 Å². The Balaban J connectivity index is 1.82. The van der Waals surface area contributed by atoms with Crippen molar-refractivity contribution in [3.05, 3.63) is 11.8 Å². The molecule has 0 amide bonds. The lowest BCUT2D eigenvalue weighted by atomic mass is 10.1. The molecule has 2 fully saturated rings. The van der Waals surface area contributed by atoms with Crippen molar-refractivity contribution in [2.45, 2.75) is 42.1 Å². The van der Waals surface area contributed by atoms with Gasteiger partial charge in [0.05, 0.1) is 11.4 Å². The number of thioether (sulfide) groups is 1. The van der Waals surface area contributed by atoms with Gasteiger partial charge in [-0.3, -0.25) is 0 Å². The summed E-state index contributed by atoms with van der Waals surface area (Å²) in [7, 11) is -1.51. The maximum Gasteiger partial charge on any atom is 0.217 e. The molecule has 1 saturated heterocycles. The number of likely N-dealkylation sites (N-methyl/N-ethyl adjacent to an activating group) is 1. The summed E-state index contributed by atoms with van der Waals surface area (Å²) < 4.78 is 26.5. The maximum atomic E-state index is 12.5. The molecular weight excluding hydrogens is 346 g/mol. The first-order valence-electron chi connectivity index (χ1n) is 8.00. The Morgan fingerprint density at radius 3 is 2.79 bits per heavy atom. The summed E-state index contributed by atoms with van der Waals surface area (Å²) in [5.74, 6) is 0.610. The third-order valence-electron chi connectivity index (χ3n) is 4.61. The fraction of sp³-hybridized carbons (Fsp3) is 0.667. The molecule has 0 radical (unpaired) electrons. The van der Waals surface area contributed by atoms with E-state index in [1.54, 1.807) is 17.5 Å². The van der Waals surface area contributed by atoms with Gasteiger partial charge >= 0.3 is 0 Å². The molecule has 0 spiro atoms. The normalized spacial score (nSPS) is 21.8. The van der Waals surface area contributed by atoms with E-state index in [0.29, 0.717) is 23.1 Å². The molecule has 2 aliphatic rings. The van der Waals surface area contributed by atoms with Gasteiger partial charge in [0.25, 0.3) is 0 Å². The van der Waals surface area contributed by atoms with Crippen LogP contribution in [0.5, 0.6) is 0 Å². The van der Waals surface area contributed by atoms with Crippen molar-refractivity contribution >= 4 is 27.6 Å². The third kappa shape index (κ3) is 3.36.